The minimum absolute atomic E-state index is 0.0335. The van der Waals surface area contributed by atoms with E-state index in [9.17, 15) is 9.59 Å². The molecule has 196 valence electrons. The zero-order valence-corrected chi connectivity index (χ0v) is 24.8. The molecule has 0 radical (unpaired) electrons. The van der Waals surface area contributed by atoms with E-state index in [2.05, 4.69) is 50.1 Å². The van der Waals surface area contributed by atoms with Gasteiger partial charge in [-0.1, -0.05) is 54.1 Å². The molecule has 0 bridgehead atoms. The van der Waals surface area contributed by atoms with Crippen molar-refractivity contribution in [2.45, 2.75) is 13.2 Å². The predicted octanol–water partition coefficient (Wildman–Crippen LogP) is 8.56. The molecule has 0 aromatic heterocycles. The summed E-state index contributed by atoms with van der Waals surface area (Å²) in [6.07, 6.45) is 1.69. The Labute approximate surface area is 250 Å². The first-order chi connectivity index (χ1) is 18.9. The lowest BCUT2D eigenvalue weighted by Crippen LogP contribution is -2.27. The summed E-state index contributed by atoms with van der Waals surface area (Å²) in [5.41, 5.74) is 2.41. The normalized spacial score (nSPS) is 15.6. The molecule has 4 aromatic rings. The SMILES string of the molecule is O=C1S/C(=C\c2cc(Br)c(OCc3cccc4ccccc34)c(Br)c2)C(=O)N1Cc1cc2c(cc1Cl)OCO2. The maximum Gasteiger partial charge on any atom is 0.293 e. The van der Waals surface area contributed by atoms with Crippen LogP contribution in [0.5, 0.6) is 17.2 Å². The molecule has 39 heavy (non-hydrogen) atoms. The molecule has 10 heteroatoms. The molecule has 0 saturated carbocycles. The van der Waals surface area contributed by atoms with Crippen molar-refractivity contribution in [3.8, 4) is 17.2 Å². The zero-order valence-electron chi connectivity index (χ0n) is 20.1. The number of thioether (sulfide) groups is 1. The number of hydrogen-bond acceptors (Lipinski definition) is 6. The van der Waals surface area contributed by atoms with Crippen LogP contribution in [0.3, 0.4) is 0 Å². The van der Waals surface area contributed by atoms with Crippen molar-refractivity contribution < 1.29 is 23.8 Å². The molecule has 0 spiro atoms. The molecular formula is C29H18Br2ClNO5S. The highest BCUT2D eigenvalue weighted by Crippen LogP contribution is 2.41. The molecule has 2 aliphatic heterocycles. The van der Waals surface area contributed by atoms with E-state index in [0.717, 1.165) is 42.6 Å². The van der Waals surface area contributed by atoms with Crippen LogP contribution in [0, 0.1) is 0 Å². The largest absolute Gasteiger partial charge is 0.487 e. The highest BCUT2D eigenvalue weighted by atomic mass is 79.9. The van der Waals surface area contributed by atoms with E-state index in [-0.39, 0.29) is 24.5 Å². The van der Waals surface area contributed by atoms with Crippen molar-refractivity contribution in [3.05, 3.63) is 102 Å². The van der Waals surface area contributed by atoms with Gasteiger partial charge in [0.05, 0.1) is 20.4 Å². The van der Waals surface area contributed by atoms with Crippen LogP contribution < -0.4 is 14.2 Å². The van der Waals surface area contributed by atoms with Crippen molar-refractivity contribution in [2.24, 2.45) is 0 Å². The van der Waals surface area contributed by atoms with Gasteiger partial charge in [0.25, 0.3) is 11.1 Å². The van der Waals surface area contributed by atoms with E-state index in [0.29, 0.717) is 39.3 Å². The number of carbonyl (C=O) groups excluding carboxylic acids is 2. The summed E-state index contributed by atoms with van der Waals surface area (Å²) in [6.45, 7) is 0.530. The van der Waals surface area contributed by atoms with Crippen LogP contribution in [-0.4, -0.2) is 22.8 Å². The molecule has 0 atom stereocenters. The summed E-state index contributed by atoms with van der Waals surface area (Å²) < 4.78 is 18.3. The monoisotopic (exact) mass is 685 g/mol. The van der Waals surface area contributed by atoms with Crippen LogP contribution in [-0.2, 0) is 17.9 Å². The standard InChI is InChI=1S/C29H18Br2ClNO5S/c30-21-8-16(9-22(31)27(21)36-14-18-6-3-5-17-4-1-2-7-20(17)18)10-26-28(34)33(29(35)39-26)13-19-11-24-25(12-23(19)32)38-15-37-24/h1-12H,13-15H2/b26-10-. The molecule has 2 amide bonds. The number of ether oxygens (including phenoxy) is 3. The Morgan fingerprint density at radius 2 is 1.67 bits per heavy atom. The lowest BCUT2D eigenvalue weighted by atomic mass is 10.1. The number of fused-ring (bicyclic) bond motifs is 2. The Morgan fingerprint density at radius 3 is 2.46 bits per heavy atom. The Balaban J connectivity index is 1.19. The fraction of sp³-hybridized carbons (Fsp3) is 0.103. The van der Waals surface area contributed by atoms with Gasteiger partial charge in [-0.25, -0.2) is 0 Å². The van der Waals surface area contributed by atoms with Gasteiger partial charge in [0, 0.05) is 11.1 Å². The summed E-state index contributed by atoms with van der Waals surface area (Å²) in [7, 11) is 0. The van der Waals surface area contributed by atoms with E-state index in [1.165, 1.54) is 4.90 Å². The average molecular weight is 688 g/mol. The van der Waals surface area contributed by atoms with E-state index in [4.69, 9.17) is 25.8 Å². The van der Waals surface area contributed by atoms with Crippen molar-refractivity contribution in [1.82, 2.24) is 4.90 Å². The molecule has 6 nitrogen and oxygen atoms in total. The van der Waals surface area contributed by atoms with E-state index in [1.54, 1.807) is 18.2 Å². The fourth-order valence-corrected chi connectivity index (χ4v) is 6.91. The quantitative estimate of drug-likeness (QED) is 0.189. The maximum atomic E-state index is 13.1. The zero-order chi connectivity index (χ0) is 27.1. The van der Waals surface area contributed by atoms with Crippen LogP contribution in [0.4, 0.5) is 4.79 Å². The van der Waals surface area contributed by atoms with Crippen LogP contribution in [0.2, 0.25) is 5.02 Å². The van der Waals surface area contributed by atoms with Crippen molar-refractivity contribution >= 4 is 83.2 Å². The van der Waals surface area contributed by atoms with Crippen LogP contribution in [0.1, 0.15) is 16.7 Å². The smallest absolute Gasteiger partial charge is 0.293 e. The van der Waals surface area contributed by atoms with Crippen LogP contribution >= 0.6 is 55.2 Å². The van der Waals surface area contributed by atoms with Crippen molar-refractivity contribution in [3.63, 3.8) is 0 Å². The molecule has 0 N–H and O–H groups in total. The third-order valence-corrected chi connectivity index (χ3v) is 8.75. The highest BCUT2D eigenvalue weighted by molar-refractivity contribution is 9.11. The molecule has 0 unspecified atom stereocenters. The Hall–Kier alpha value is -2.98. The van der Waals surface area contributed by atoms with Gasteiger partial charge in [-0.15, -0.1) is 0 Å². The average Bonchev–Trinajstić information content (AvgIpc) is 3.47. The van der Waals surface area contributed by atoms with Gasteiger partial charge in [-0.05, 0) is 95.4 Å². The molecule has 4 aromatic carbocycles. The molecule has 1 fully saturated rings. The van der Waals surface area contributed by atoms with Gasteiger partial charge in [-0.3, -0.25) is 14.5 Å². The lowest BCUT2D eigenvalue weighted by Gasteiger charge is -2.14. The number of nitrogens with zero attached hydrogens (tertiary/aromatic N) is 1. The summed E-state index contributed by atoms with van der Waals surface area (Å²) >= 11 is 14.4. The van der Waals surface area contributed by atoms with Gasteiger partial charge >= 0.3 is 0 Å². The second-order valence-corrected chi connectivity index (χ2v) is 11.9. The Morgan fingerprint density at radius 1 is 0.949 bits per heavy atom. The van der Waals surface area contributed by atoms with E-state index >= 15 is 0 Å². The van der Waals surface area contributed by atoms with E-state index < -0.39 is 0 Å². The van der Waals surface area contributed by atoms with Gasteiger partial charge in [0.1, 0.15) is 12.4 Å². The molecule has 2 heterocycles. The molecule has 1 saturated heterocycles. The van der Waals surface area contributed by atoms with Crippen LogP contribution in [0.15, 0.2) is 80.6 Å². The first-order valence-corrected chi connectivity index (χ1v) is 14.6. The van der Waals surface area contributed by atoms with Crippen molar-refractivity contribution in [2.75, 3.05) is 6.79 Å². The number of benzene rings is 4. The van der Waals surface area contributed by atoms with Gasteiger partial charge in [-0.2, -0.15) is 0 Å². The maximum absolute atomic E-state index is 13.1. The first-order valence-electron chi connectivity index (χ1n) is 11.8. The Bertz CT molecular complexity index is 1660. The first kappa shape index (κ1) is 26.3. The van der Waals surface area contributed by atoms with Gasteiger partial charge in [0.2, 0.25) is 6.79 Å². The summed E-state index contributed by atoms with van der Waals surface area (Å²) in [5.74, 6) is 1.33. The number of carbonyl (C=O) groups is 2. The minimum atomic E-state index is -0.387. The number of amides is 2. The van der Waals surface area contributed by atoms with Crippen molar-refractivity contribution in [1.29, 1.82) is 0 Å². The van der Waals surface area contributed by atoms with Gasteiger partial charge < -0.3 is 14.2 Å². The topological polar surface area (TPSA) is 65.1 Å². The second-order valence-electron chi connectivity index (χ2n) is 8.81. The number of imide groups is 1. The number of rotatable bonds is 6. The summed E-state index contributed by atoms with van der Waals surface area (Å²) in [6, 6.07) is 21.4. The number of hydrogen-bond donors (Lipinski definition) is 0. The third-order valence-electron chi connectivity index (χ3n) is 6.31. The minimum Gasteiger partial charge on any atom is -0.487 e. The number of halogens is 3. The second kappa shape index (κ2) is 10.9. The third kappa shape index (κ3) is 5.28. The Kier molecular flexibility index (Phi) is 7.33. The fourth-order valence-electron chi connectivity index (χ4n) is 4.41. The van der Waals surface area contributed by atoms with Gasteiger partial charge in [0.15, 0.2) is 11.5 Å². The molecule has 0 aliphatic carbocycles. The predicted molar refractivity (Wildman–Crippen MR) is 159 cm³/mol. The van der Waals surface area contributed by atoms with E-state index in [1.807, 2.05) is 36.4 Å². The summed E-state index contributed by atoms with van der Waals surface area (Å²) in [5, 5.41) is 2.32. The summed E-state index contributed by atoms with van der Waals surface area (Å²) in [4.78, 5) is 27.4. The molecule has 2 aliphatic rings. The lowest BCUT2D eigenvalue weighted by molar-refractivity contribution is -0.123. The highest BCUT2D eigenvalue weighted by Gasteiger charge is 2.36. The molecular weight excluding hydrogens is 670 g/mol. The molecule has 6 rings (SSSR count). The van der Waals surface area contributed by atoms with Crippen LogP contribution in [0.25, 0.3) is 16.8 Å².